The molecule has 17 heavy (non-hydrogen) atoms. The van der Waals surface area contributed by atoms with Gasteiger partial charge in [0.25, 0.3) is 0 Å². The number of nitrogens with zero attached hydrogens (tertiary/aromatic N) is 3. The highest BCUT2D eigenvalue weighted by molar-refractivity contribution is 7.15. The van der Waals surface area contributed by atoms with Crippen molar-refractivity contribution in [1.82, 2.24) is 10.2 Å². The van der Waals surface area contributed by atoms with Gasteiger partial charge in [-0.25, -0.2) is 0 Å². The summed E-state index contributed by atoms with van der Waals surface area (Å²) in [6, 6.07) is 0.755. The zero-order chi connectivity index (χ0) is 12.0. The molecule has 1 aromatic heterocycles. The van der Waals surface area contributed by atoms with Crippen molar-refractivity contribution in [2.45, 2.75) is 50.4 Å². The molecule has 2 unspecified atom stereocenters. The molecule has 2 aliphatic rings. The Morgan fingerprint density at radius 1 is 1.06 bits per heavy atom. The molecule has 94 valence electrons. The molecule has 3 rings (SSSR count). The topological polar surface area (TPSA) is 29.0 Å². The molecule has 2 atom stereocenters. The minimum absolute atomic E-state index is 0.378. The van der Waals surface area contributed by atoms with Gasteiger partial charge in [-0.15, -0.1) is 10.2 Å². The Hall–Kier alpha value is -0.850. The Kier molecular flexibility index (Phi) is 2.53. The van der Waals surface area contributed by atoms with Gasteiger partial charge in [0.15, 0.2) is 0 Å². The number of aromatic nitrogens is 2. The van der Waals surface area contributed by atoms with E-state index >= 15 is 0 Å². The van der Waals surface area contributed by atoms with Crippen LogP contribution in [-0.4, -0.2) is 22.3 Å². The predicted molar refractivity (Wildman–Crippen MR) is 58.1 cm³/mol. The Balaban J connectivity index is 1.87. The van der Waals surface area contributed by atoms with Crippen LogP contribution in [0, 0.1) is 0 Å². The highest BCUT2D eigenvalue weighted by Crippen LogP contribution is 2.42. The average molecular weight is 263 g/mol. The van der Waals surface area contributed by atoms with Gasteiger partial charge in [0.2, 0.25) is 10.1 Å². The zero-order valence-corrected chi connectivity index (χ0v) is 9.89. The van der Waals surface area contributed by atoms with Crippen LogP contribution in [0.4, 0.5) is 18.3 Å². The van der Waals surface area contributed by atoms with E-state index in [2.05, 4.69) is 15.1 Å². The summed E-state index contributed by atoms with van der Waals surface area (Å²) in [4.78, 5) is 2.07. The second-order valence-electron chi connectivity index (χ2n) is 4.61. The zero-order valence-electron chi connectivity index (χ0n) is 9.07. The van der Waals surface area contributed by atoms with Crippen molar-refractivity contribution >= 4 is 16.5 Å². The van der Waals surface area contributed by atoms with Crippen molar-refractivity contribution in [1.29, 1.82) is 0 Å². The van der Waals surface area contributed by atoms with E-state index in [0.717, 1.165) is 25.7 Å². The molecule has 2 saturated heterocycles. The second-order valence-corrected chi connectivity index (χ2v) is 5.57. The normalized spacial score (nSPS) is 28.8. The summed E-state index contributed by atoms with van der Waals surface area (Å²) >= 11 is 0.673. The van der Waals surface area contributed by atoms with Crippen LogP contribution in [-0.2, 0) is 6.18 Å². The average Bonchev–Trinajstić information content (AvgIpc) is 2.80. The standard InChI is InChI=1S/C10H12F3N3S/c11-10(12,13)8-14-15-9(17-8)16-6-2-1-3-7(16)5-4-6/h6-7H,1-5H2. The predicted octanol–water partition coefficient (Wildman–Crippen LogP) is 3.08. The highest BCUT2D eigenvalue weighted by Gasteiger charge is 2.41. The molecule has 0 aromatic carbocycles. The van der Waals surface area contributed by atoms with Crippen LogP contribution in [0.25, 0.3) is 0 Å². The lowest BCUT2D eigenvalue weighted by Gasteiger charge is -2.34. The highest BCUT2D eigenvalue weighted by atomic mass is 32.1. The number of fused-ring (bicyclic) bond motifs is 2. The summed E-state index contributed by atoms with van der Waals surface area (Å²) < 4.78 is 37.4. The van der Waals surface area contributed by atoms with Gasteiger partial charge in [-0.1, -0.05) is 11.3 Å². The second kappa shape index (κ2) is 3.83. The molecule has 0 radical (unpaired) electrons. The fourth-order valence-electron chi connectivity index (χ4n) is 2.86. The summed E-state index contributed by atoms with van der Waals surface area (Å²) in [6.07, 6.45) is 1.09. The van der Waals surface area contributed by atoms with Crippen molar-refractivity contribution in [3.8, 4) is 0 Å². The van der Waals surface area contributed by atoms with E-state index < -0.39 is 11.2 Å². The Bertz CT molecular complexity index is 401. The molecule has 3 heterocycles. The lowest BCUT2D eigenvalue weighted by molar-refractivity contribution is -0.138. The summed E-state index contributed by atoms with van der Waals surface area (Å²) in [7, 11) is 0. The number of halogens is 3. The molecule has 0 N–H and O–H groups in total. The van der Waals surface area contributed by atoms with Crippen LogP contribution in [0.3, 0.4) is 0 Å². The minimum atomic E-state index is -4.37. The lowest BCUT2D eigenvalue weighted by Crippen LogP contribution is -2.39. The van der Waals surface area contributed by atoms with Crippen LogP contribution in [0.15, 0.2) is 0 Å². The van der Waals surface area contributed by atoms with Crippen molar-refractivity contribution < 1.29 is 13.2 Å². The molecule has 1 aromatic rings. The van der Waals surface area contributed by atoms with E-state index in [4.69, 9.17) is 0 Å². The van der Waals surface area contributed by atoms with Gasteiger partial charge in [0.1, 0.15) is 0 Å². The van der Waals surface area contributed by atoms with E-state index in [1.54, 1.807) is 0 Å². The number of hydrogen-bond donors (Lipinski definition) is 0. The summed E-state index contributed by atoms with van der Waals surface area (Å²) in [5.41, 5.74) is 0. The van der Waals surface area contributed by atoms with Crippen molar-refractivity contribution in [3.63, 3.8) is 0 Å². The van der Waals surface area contributed by atoms with Crippen LogP contribution in [0.5, 0.6) is 0 Å². The van der Waals surface area contributed by atoms with Crippen LogP contribution >= 0.6 is 11.3 Å². The number of hydrogen-bond acceptors (Lipinski definition) is 4. The van der Waals surface area contributed by atoms with Gasteiger partial charge in [-0.05, 0) is 32.1 Å². The summed E-state index contributed by atoms with van der Waals surface area (Å²) in [5, 5.41) is 6.60. The molecular formula is C10H12F3N3S. The van der Waals surface area contributed by atoms with E-state index in [9.17, 15) is 13.2 Å². The van der Waals surface area contributed by atoms with E-state index in [-0.39, 0.29) is 0 Å². The maximum atomic E-state index is 12.5. The fraction of sp³-hybridized carbons (Fsp3) is 0.800. The maximum Gasteiger partial charge on any atom is 0.445 e. The Morgan fingerprint density at radius 2 is 1.71 bits per heavy atom. The number of rotatable bonds is 1. The summed E-state index contributed by atoms with van der Waals surface area (Å²) in [6.45, 7) is 0. The summed E-state index contributed by atoms with van der Waals surface area (Å²) in [5.74, 6) is 0. The number of piperidine rings is 1. The molecule has 2 fully saturated rings. The molecule has 7 heteroatoms. The van der Waals surface area contributed by atoms with Crippen LogP contribution in [0.2, 0.25) is 0 Å². The fourth-order valence-corrected chi connectivity index (χ4v) is 3.72. The number of anilines is 1. The molecule has 0 saturated carbocycles. The van der Waals surface area contributed by atoms with Gasteiger partial charge in [-0.3, -0.25) is 0 Å². The van der Waals surface area contributed by atoms with Gasteiger partial charge in [0, 0.05) is 12.1 Å². The van der Waals surface area contributed by atoms with Crippen molar-refractivity contribution in [2.75, 3.05) is 4.90 Å². The van der Waals surface area contributed by atoms with Gasteiger partial charge in [0.05, 0.1) is 0 Å². The third kappa shape index (κ3) is 1.90. The SMILES string of the molecule is FC(F)(F)c1nnc(N2C3CCCC2CC3)s1. The van der Waals surface area contributed by atoms with Gasteiger partial charge < -0.3 is 4.90 Å². The van der Waals surface area contributed by atoms with E-state index in [1.807, 2.05) is 0 Å². The molecular weight excluding hydrogens is 251 g/mol. The quantitative estimate of drug-likeness (QED) is 0.779. The maximum absolute atomic E-state index is 12.5. The molecule has 0 amide bonds. The first-order valence-corrected chi connectivity index (χ1v) is 6.56. The van der Waals surface area contributed by atoms with E-state index in [0.29, 0.717) is 28.6 Å². The largest absolute Gasteiger partial charge is 0.445 e. The van der Waals surface area contributed by atoms with Gasteiger partial charge >= 0.3 is 6.18 Å². The van der Waals surface area contributed by atoms with Crippen LogP contribution < -0.4 is 4.90 Å². The monoisotopic (exact) mass is 263 g/mol. The smallest absolute Gasteiger partial charge is 0.341 e. The van der Waals surface area contributed by atoms with Crippen molar-refractivity contribution in [3.05, 3.63) is 5.01 Å². The molecule has 3 nitrogen and oxygen atoms in total. The number of alkyl halides is 3. The molecule has 2 aliphatic heterocycles. The van der Waals surface area contributed by atoms with Gasteiger partial charge in [-0.2, -0.15) is 13.2 Å². The minimum Gasteiger partial charge on any atom is -0.341 e. The first-order chi connectivity index (χ1) is 8.05. The Labute approximate surface area is 101 Å². The molecule has 2 bridgehead atoms. The van der Waals surface area contributed by atoms with Crippen LogP contribution in [0.1, 0.15) is 37.1 Å². The van der Waals surface area contributed by atoms with Crippen molar-refractivity contribution in [2.24, 2.45) is 0 Å². The third-order valence-corrected chi connectivity index (χ3v) is 4.55. The molecule has 0 spiro atoms. The molecule has 0 aliphatic carbocycles. The van der Waals surface area contributed by atoms with E-state index in [1.165, 1.54) is 6.42 Å². The lowest BCUT2D eigenvalue weighted by atomic mass is 10.0. The third-order valence-electron chi connectivity index (χ3n) is 3.57. The first-order valence-electron chi connectivity index (χ1n) is 5.75. The first kappa shape index (κ1) is 11.3. The Morgan fingerprint density at radius 3 is 2.24 bits per heavy atom.